The van der Waals surface area contributed by atoms with Gasteiger partial charge in [0.15, 0.2) is 0 Å². The standard InChI is InChI=1S/C20H32N2O/c1-16(2)15-18(22-14-7-11-19(23)21-3)20(12-8-13-20)17-9-5-4-6-10-17/h4-6,9-10,16,18,22H,7-8,11-15H2,1-3H3,(H,21,23). The van der Waals surface area contributed by atoms with Gasteiger partial charge < -0.3 is 10.6 Å². The van der Waals surface area contributed by atoms with E-state index in [-0.39, 0.29) is 5.91 Å². The largest absolute Gasteiger partial charge is 0.359 e. The molecule has 1 aromatic rings. The maximum absolute atomic E-state index is 11.4. The van der Waals surface area contributed by atoms with E-state index in [0.29, 0.717) is 23.8 Å². The summed E-state index contributed by atoms with van der Waals surface area (Å²) < 4.78 is 0. The van der Waals surface area contributed by atoms with Crippen molar-refractivity contribution in [2.24, 2.45) is 5.92 Å². The van der Waals surface area contributed by atoms with Crippen molar-refractivity contribution in [2.45, 2.75) is 63.8 Å². The van der Waals surface area contributed by atoms with Crippen LogP contribution in [-0.2, 0) is 10.2 Å². The van der Waals surface area contributed by atoms with Crippen LogP contribution in [0.4, 0.5) is 0 Å². The van der Waals surface area contributed by atoms with E-state index in [1.807, 2.05) is 0 Å². The summed E-state index contributed by atoms with van der Waals surface area (Å²) in [6.07, 6.45) is 6.57. The zero-order valence-electron chi connectivity index (χ0n) is 14.9. The summed E-state index contributed by atoms with van der Waals surface area (Å²) in [6, 6.07) is 11.5. The molecule has 1 amide bonds. The van der Waals surface area contributed by atoms with Gasteiger partial charge in [0, 0.05) is 24.9 Å². The third kappa shape index (κ3) is 4.57. The van der Waals surface area contributed by atoms with Crippen LogP contribution >= 0.6 is 0 Å². The Bertz CT molecular complexity index is 480. The average molecular weight is 316 g/mol. The molecule has 0 aromatic heterocycles. The van der Waals surface area contributed by atoms with Crippen LogP contribution in [0.2, 0.25) is 0 Å². The van der Waals surface area contributed by atoms with Gasteiger partial charge in [-0.3, -0.25) is 4.79 Å². The van der Waals surface area contributed by atoms with Crippen molar-refractivity contribution < 1.29 is 4.79 Å². The van der Waals surface area contributed by atoms with Gasteiger partial charge in [-0.2, -0.15) is 0 Å². The summed E-state index contributed by atoms with van der Waals surface area (Å²) in [5.74, 6) is 0.807. The zero-order valence-corrected chi connectivity index (χ0v) is 14.9. The van der Waals surface area contributed by atoms with Gasteiger partial charge in [0.25, 0.3) is 0 Å². The van der Waals surface area contributed by atoms with E-state index in [4.69, 9.17) is 0 Å². The smallest absolute Gasteiger partial charge is 0.219 e. The molecule has 0 saturated heterocycles. The fourth-order valence-electron chi connectivity index (χ4n) is 3.79. The highest BCUT2D eigenvalue weighted by atomic mass is 16.1. The summed E-state index contributed by atoms with van der Waals surface area (Å²) in [4.78, 5) is 11.4. The SMILES string of the molecule is CNC(=O)CCCNC(CC(C)C)C1(c2ccccc2)CCC1. The number of benzene rings is 1. The quantitative estimate of drug-likeness (QED) is 0.683. The van der Waals surface area contributed by atoms with Crippen LogP contribution in [0.3, 0.4) is 0 Å². The second-order valence-electron chi connectivity index (χ2n) is 7.29. The molecule has 1 saturated carbocycles. The van der Waals surface area contributed by atoms with Crippen molar-refractivity contribution in [3.05, 3.63) is 35.9 Å². The lowest BCUT2D eigenvalue weighted by Crippen LogP contribution is -2.53. The lowest BCUT2D eigenvalue weighted by molar-refractivity contribution is -0.120. The zero-order chi connectivity index (χ0) is 16.7. The van der Waals surface area contributed by atoms with Crippen LogP contribution < -0.4 is 10.6 Å². The Kier molecular flexibility index (Phi) is 6.64. The number of nitrogens with one attached hydrogen (secondary N) is 2. The number of carbonyl (C=O) groups is 1. The van der Waals surface area contributed by atoms with E-state index < -0.39 is 0 Å². The second kappa shape index (κ2) is 8.49. The summed E-state index contributed by atoms with van der Waals surface area (Å²) in [5, 5.41) is 6.49. The van der Waals surface area contributed by atoms with Gasteiger partial charge in [-0.25, -0.2) is 0 Å². The van der Waals surface area contributed by atoms with E-state index in [2.05, 4.69) is 54.8 Å². The molecule has 1 atom stereocenters. The Morgan fingerprint density at radius 3 is 2.43 bits per heavy atom. The number of amides is 1. The first-order valence-electron chi connectivity index (χ1n) is 9.08. The minimum absolute atomic E-state index is 0.133. The lowest BCUT2D eigenvalue weighted by atomic mass is 9.59. The Balaban J connectivity index is 2.03. The van der Waals surface area contributed by atoms with E-state index in [9.17, 15) is 4.79 Å². The molecule has 3 heteroatoms. The second-order valence-corrected chi connectivity index (χ2v) is 7.29. The molecule has 2 N–H and O–H groups in total. The molecule has 1 unspecified atom stereocenters. The highest BCUT2D eigenvalue weighted by Gasteiger charge is 2.45. The van der Waals surface area contributed by atoms with Crippen molar-refractivity contribution in [1.82, 2.24) is 10.6 Å². The van der Waals surface area contributed by atoms with Crippen LogP contribution in [0.15, 0.2) is 30.3 Å². The van der Waals surface area contributed by atoms with Crippen molar-refractivity contribution in [1.29, 1.82) is 0 Å². The van der Waals surface area contributed by atoms with E-state index in [1.54, 1.807) is 7.05 Å². The van der Waals surface area contributed by atoms with Gasteiger partial charge in [-0.15, -0.1) is 0 Å². The third-order valence-corrected chi connectivity index (χ3v) is 5.22. The molecule has 0 heterocycles. The molecular formula is C20H32N2O. The van der Waals surface area contributed by atoms with Crippen LogP contribution in [0, 0.1) is 5.92 Å². The van der Waals surface area contributed by atoms with E-state index >= 15 is 0 Å². The average Bonchev–Trinajstić information content (AvgIpc) is 2.50. The molecule has 1 aromatic carbocycles. The first-order valence-corrected chi connectivity index (χ1v) is 9.08. The Morgan fingerprint density at radius 1 is 1.22 bits per heavy atom. The molecule has 23 heavy (non-hydrogen) atoms. The lowest BCUT2D eigenvalue weighted by Gasteiger charge is -2.49. The van der Waals surface area contributed by atoms with Crippen molar-refractivity contribution in [3.63, 3.8) is 0 Å². The highest BCUT2D eigenvalue weighted by molar-refractivity contribution is 5.75. The van der Waals surface area contributed by atoms with Crippen LogP contribution in [0.25, 0.3) is 0 Å². The van der Waals surface area contributed by atoms with Gasteiger partial charge in [-0.05, 0) is 43.7 Å². The minimum atomic E-state index is 0.133. The number of hydrogen-bond acceptors (Lipinski definition) is 2. The van der Waals surface area contributed by atoms with Gasteiger partial charge in [0.1, 0.15) is 0 Å². The minimum Gasteiger partial charge on any atom is -0.359 e. The maximum atomic E-state index is 11.4. The van der Waals surface area contributed by atoms with E-state index in [0.717, 1.165) is 13.0 Å². The predicted molar refractivity (Wildman–Crippen MR) is 96.5 cm³/mol. The molecular weight excluding hydrogens is 284 g/mol. The number of hydrogen-bond donors (Lipinski definition) is 2. The maximum Gasteiger partial charge on any atom is 0.219 e. The van der Waals surface area contributed by atoms with Crippen molar-refractivity contribution >= 4 is 5.91 Å². The Hall–Kier alpha value is -1.35. The normalized spacial score (nSPS) is 17.6. The van der Waals surface area contributed by atoms with Gasteiger partial charge in [-0.1, -0.05) is 50.6 Å². The van der Waals surface area contributed by atoms with Crippen LogP contribution in [-0.4, -0.2) is 25.5 Å². The molecule has 128 valence electrons. The molecule has 0 spiro atoms. The number of rotatable bonds is 9. The molecule has 0 radical (unpaired) electrons. The first-order chi connectivity index (χ1) is 11.1. The van der Waals surface area contributed by atoms with Crippen molar-refractivity contribution in [2.75, 3.05) is 13.6 Å². The molecule has 2 rings (SSSR count). The summed E-state index contributed by atoms with van der Waals surface area (Å²) >= 11 is 0. The summed E-state index contributed by atoms with van der Waals surface area (Å²) in [7, 11) is 1.70. The Labute approximate surface area is 141 Å². The Morgan fingerprint density at radius 2 is 1.91 bits per heavy atom. The van der Waals surface area contributed by atoms with Crippen LogP contribution in [0.1, 0.15) is 57.9 Å². The number of carbonyl (C=O) groups excluding carboxylic acids is 1. The van der Waals surface area contributed by atoms with Gasteiger partial charge in [0.05, 0.1) is 0 Å². The fraction of sp³-hybridized carbons (Fsp3) is 0.650. The first kappa shape index (κ1) is 18.0. The van der Waals surface area contributed by atoms with Crippen molar-refractivity contribution in [3.8, 4) is 0 Å². The summed E-state index contributed by atoms with van der Waals surface area (Å²) in [6.45, 7) is 5.52. The molecule has 0 aliphatic heterocycles. The third-order valence-electron chi connectivity index (χ3n) is 5.22. The monoisotopic (exact) mass is 316 g/mol. The fourth-order valence-corrected chi connectivity index (χ4v) is 3.79. The van der Waals surface area contributed by atoms with Crippen LogP contribution in [0.5, 0.6) is 0 Å². The topological polar surface area (TPSA) is 41.1 Å². The molecule has 3 nitrogen and oxygen atoms in total. The molecule has 0 bridgehead atoms. The molecule has 1 fully saturated rings. The summed E-state index contributed by atoms with van der Waals surface area (Å²) in [5.41, 5.74) is 1.77. The predicted octanol–water partition coefficient (Wildman–Crippen LogP) is 3.64. The van der Waals surface area contributed by atoms with E-state index in [1.165, 1.54) is 31.2 Å². The molecule has 1 aliphatic carbocycles. The van der Waals surface area contributed by atoms with Gasteiger partial charge >= 0.3 is 0 Å². The molecule has 1 aliphatic rings. The van der Waals surface area contributed by atoms with Gasteiger partial charge in [0.2, 0.25) is 5.91 Å². The highest BCUT2D eigenvalue weighted by Crippen LogP contribution is 2.47.